The number of para-hydroxylation sites is 1. The van der Waals surface area contributed by atoms with Gasteiger partial charge in [0.15, 0.2) is 5.65 Å². The summed E-state index contributed by atoms with van der Waals surface area (Å²) in [4.78, 5) is 13.8. The second-order valence-electron chi connectivity index (χ2n) is 9.03. The van der Waals surface area contributed by atoms with Gasteiger partial charge in [-0.15, -0.1) is 0 Å². The molecule has 0 aliphatic carbocycles. The van der Waals surface area contributed by atoms with E-state index in [0.717, 1.165) is 52.3 Å². The lowest BCUT2D eigenvalue weighted by Gasteiger charge is -2.37. The first kappa shape index (κ1) is 22.6. The standard InChI is InChI=1S/C29H25ClFN5/c1-20-11-12-22(17-24(20)30)36-18-23(21-7-3-2-4-8-21)27-28(32-19-33-29(27)36)35-15-13-34(14-16-35)26-10-6-5-9-25(26)31/h2-12,17-19H,13-16H2,1H3. The number of hydrogen-bond acceptors (Lipinski definition) is 4. The Kier molecular flexibility index (Phi) is 5.82. The molecule has 0 amide bonds. The van der Waals surface area contributed by atoms with Gasteiger partial charge in [-0.25, -0.2) is 14.4 Å². The quantitative estimate of drug-likeness (QED) is 0.283. The second-order valence-corrected chi connectivity index (χ2v) is 9.44. The molecule has 0 saturated carbocycles. The maximum Gasteiger partial charge on any atom is 0.150 e. The van der Waals surface area contributed by atoms with Crippen molar-refractivity contribution in [3.63, 3.8) is 0 Å². The highest BCUT2D eigenvalue weighted by Gasteiger charge is 2.25. The number of benzene rings is 3. The predicted octanol–water partition coefficient (Wildman–Crippen LogP) is 6.52. The smallest absolute Gasteiger partial charge is 0.150 e. The Morgan fingerprint density at radius 1 is 0.833 bits per heavy atom. The number of rotatable bonds is 4. The lowest BCUT2D eigenvalue weighted by atomic mass is 10.1. The molecule has 5 nitrogen and oxygen atoms in total. The van der Waals surface area contributed by atoms with Gasteiger partial charge in [-0.2, -0.15) is 0 Å². The molecular weight excluding hydrogens is 473 g/mol. The van der Waals surface area contributed by atoms with Gasteiger partial charge in [-0.05, 0) is 42.3 Å². The molecule has 1 aliphatic heterocycles. The van der Waals surface area contributed by atoms with Crippen LogP contribution in [-0.2, 0) is 0 Å². The molecule has 180 valence electrons. The summed E-state index contributed by atoms with van der Waals surface area (Å²) >= 11 is 6.48. The van der Waals surface area contributed by atoms with Crippen LogP contribution in [0.1, 0.15) is 5.56 Å². The molecule has 1 aliphatic rings. The normalized spacial score (nSPS) is 14.0. The maximum atomic E-state index is 14.4. The molecule has 3 aromatic carbocycles. The number of hydrogen-bond donors (Lipinski definition) is 0. The molecule has 7 heteroatoms. The van der Waals surface area contributed by atoms with Crippen molar-refractivity contribution < 1.29 is 4.39 Å². The maximum absolute atomic E-state index is 14.4. The van der Waals surface area contributed by atoms with Gasteiger partial charge in [-0.1, -0.05) is 60.1 Å². The van der Waals surface area contributed by atoms with Gasteiger partial charge in [-0.3, -0.25) is 0 Å². The summed E-state index contributed by atoms with van der Waals surface area (Å²) in [5, 5.41) is 1.72. The summed E-state index contributed by atoms with van der Waals surface area (Å²) < 4.78 is 16.5. The van der Waals surface area contributed by atoms with Crippen LogP contribution >= 0.6 is 11.6 Å². The Hall–Kier alpha value is -3.90. The van der Waals surface area contributed by atoms with Crippen molar-refractivity contribution >= 4 is 34.1 Å². The molecule has 0 unspecified atom stereocenters. The molecule has 0 spiro atoms. The molecule has 36 heavy (non-hydrogen) atoms. The van der Waals surface area contributed by atoms with Gasteiger partial charge in [0.2, 0.25) is 0 Å². The van der Waals surface area contributed by atoms with Gasteiger partial charge in [0.1, 0.15) is 18.0 Å². The van der Waals surface area contributed by atoms with Crippen LogP contribution in [0.4, 0.5) is 15.9 Å². The SMILES string of the molecule is Cc1ccc(-n2cc(-c3ccccc3)c3c(N4CCN(c5ccccc5F)CC4)ncnc32)cc1Cl. The molecule has 1 fully saturated rings. The summed E-state index contributed by atoms with van der Waals surface area (Å²) in [6.45, 7) is 4.88. The van der Waals surface area contributed by atoms with Gasteiger partial charge in [0, 0.05) is 48.6 Å². The minimum Gasteiger partial charge on any atom is -0.366 e. The molecule has 1 saturated heterocycles. The van der Waals surface area contributed by atoms with Crippen molar-refractivity contribution in [1.82, 2.24) is 14.5 Å². The Labute approximate surface area is 214 Å². The van der Waals surface area contributed by atoms with E-state index in [9.17, 15) is 4.39 Å². The van der Waals surface area contributed by atoms with Crippen LogP contribution in [0.3, 0.4) is 0 Å². The van der Waals surface area contributed by atoms with E-state index >= 15 is 0 Å². The number of nitrogens with zero attached hydrogens (tertiary/aromatic N) is 5. The van der Waals surface area contributed by atoms with Crippen LogP contribution < -0.4 is 9.80 Å². The van der Waals surface area contributed by atoms with Crippen LogP contribution in [0, 0.1) is 12.7 Å². The molecule has 6 rings (SSSR count). The number of aryl methyl sites for hydroxylation is 1. The fourth-order valence-corrected chi connectivity index (χ4v) is 5.09. The van der Waals surface area contributed by atoms with Crippen molar-refractivity contribution in [2.45, 2.75) is 6.92 Å². The van der Waals surface area contributed by atoms with E-state index in [1.165, 1.54) is 6.07 Å². The molecule has 5 aromatic rings. The lowest BCUT2D eigenvalue weighted by Crippen LogP contribution is -2.47. The number of aromatic nitrogens is 3. The third kappa shape index (κ3) is 3.97. The number of piperazine rings is 1. The zero-order valence-corrected chi connectivity index (χ0v) is 20.7. The zero-order valence-electron chi connectivity index (χ0n) is 19.9. The van der Waals surface area contributed by atoms with Gasteiger partial charge >= 0.3 is 0 Å². The minimum absolute atomic E-state index is 0.185. The minimum atomic E-state index is -0.185. The molecule has 0 bridgehead atoms. The van der Waals surface area contributed by atoms with Crippen LogP contribution in [0.25, 0.3) is 27.8 Å². The van der Waals surface area contributed by atoms with E-state index in [0.29, 0.717) is 23.8 Å². The third-order valence-electron chi connectivity index (χ3n) is 6.85. The number of fused-ring (bicyclic) bond motifs is 1. The van der Waals surface area contributed by atoms with E-state index in [-0.39, 0.29) is 5.82 Å². The van der Waals surface area contributed by atoms with E-state index in [1.54, 1.807) is 12.4 Å². The molecular formula is C29H25ClFN5. The van der Waals surface area contributed by atoms with Gasteiger partial charge in [0.05, 0.1) is 11.1 Å². The summed E-state index contributed by atoms with van der Waals surface area (Å²) in [6, 6.07) is 23.3. The average Bonchev–Trinajstić information content (AvgIpc) is 3.31. The highest BCUT2D eigenvalue weighted by atomic mass is 35.5. The first-order valence-electron chi connectivity index (χ1n) is 12.0. The van der Waals surface area contributed by atoms with Crippen molar-refractivity contribution in [2.24, 2.45) is 0 Å². The van der Waals surface area contributed by atoms with E-state index in [4.69, 9.17) is 21.6 Å². The Balaban J connectivity index is 1.44. The van der Waals surface area contributed by atoms with Gasteiger partial charge in [0.25, 0.3) is 0 Å². The number of anilines is 2. The van der Waals surface area contributed by atoms with Crippen LogP contribution in [-0.4, -0.2) is 40.7 Å². The molecule has 0 N–H and O–H groups in total. The van der Waals surface area contributed by atoms with Gasteiger partial charge < -0.3 is 14.4 Å². The average molecular weight is 498 g/mol. The van der Waals surface area contributed by atoms with Crippen LogP contribution in [0.5, 0.6) is 0 Å². The monoisotopic (exact) mass is 497 g/mol. The topological polar surface area (TPSA) is 37.2 Å². The largest absolute Gasteiger partial charge is 0.366 e. The summed E-state index contributed by atoms with van der Waals surface area (Å²) in [5.74, 6) is 0.708. The predicted molar refractivity (Wildman–Crippen MR) is 145 cm³/mol. The zero-order chi connectivity index (χ0) is 24.6. The summed E-state index contributed by atoms with van der Waals surface area (Å²) in [6.07, 6.45) is 3.75. The van der Waals surface area contributed by atoms with E-state index < -0.39 is 0 Å². The number of halogens is 2. The van der Waals surface area contributed by atoms with E-state index in [1.807, 2.05) is 49.4 Å². The Morgan fingerprint density at radius 3 is 2.31 bits per heavy atom. The van der Waals surface area contributed by atoms with Crippen molar-refractivity contribution in [3.05, 3.63) is 102 Å². The second kappa shape index (κ2) is 9.28. The fourth-order valence-electron chi connectivity index (χ4n) is 4.92. The fraction of sp³-hybridized carbons (Fsp3) is 0.172. The summed E-state index contributed by atoms with van der Waals surface area (Å²) in [7, 11) is 0. The third-order valence-corrected chi connectivity index (χ3v) is 7.26. The van der Waals surface area contributed by atoms with Crippen molar-refractivity contribution in [1.29, 1.82) is 0 Å². The molecule has 3 heterocycles. The summed E-state index contributed by atoms with van der Waals surface area (Å²) in [5.41, 5.74) is 5.62. The lowest BCUT2D eigenvalue weighted by molar-refractivity contribution is 0.596. The van der Waals surface area contributed by atoms with Crippen LogP contribution in [0.2, 0.25) is 5.02 Å². The molecule has 0 atom stereocenters. The van der Waals surface area contributed by atoms with Crippen molar-refractivity contribution in [2.75, 3.05) is 36.0 Å². The Morgan fingerprint density at radius 2 is 1.56 bits per heavy atom. The highest BCUT2D eigenvalue weighted by molar-refractivity contribution is 6.31. The van der Waals surface area contributed by atoms with E-state index in [2.05, 4.69) is 38.8 Å². The molecule has 0 radical (unpaired) electrons. The first-order chi connectivity index (χ1) is 17.6. The van der Waals surface area contributed by atoms with Crippen molar-refractivity contribution in [3.8, 4) is 16.8 Å². The first-order valence-corrected chi connectivity index (χ1v) is 12.4. The van der Waals surface area contributed by atoms with Crippen LogP contribution in [0.15, 0.2) is 85.3 Å². The Bertz CT molecular complexity index is 1540. The highest BCUT2D eigenvalue weighted by Crippen LogP contribution is 2.37. The molecule has 2 aromatic heterocycles.